The molecular weight excluding hydrogens is 224 g/mol. The first-order chi connectivity index (χ1) is 8.32. The maximum absolute atomic E-state index is 9.00. The van der Waals surface area contributed by atoms with E-state index in [4.69, 9.17) is 9.90 Å². The van der Waals surface area contributed by atoms with Gasteiger partial charge in [-0.1, -0.05) is 58.1 Å². The minimum absolute atomic E-state index is 0.627. The fourth-order valence-electron chi connectivity index (χ4n) is 1.75. The van der Waals surface area contributed by atoms with Crippen molar-refractivity contribution in [2.24, 2.45) is 17.8 Å². The van der Waals surface area contributed by atoms with Crippen LogP contribution in [0.5, 0.6) is 0 Å². The van der Waals surface area contributed by atoms with Crippen LogP contribution in [0.2, 0.25) is 0 Å². The van der Waals surface area contributed by atoms with Crippen molar-refractivity contribution in [3.8, 4) is 0 Å². The lowest BCUT2D eigenvalue weighted by Crippen LogP contribution is -1.97. The third-order valence-electron chi connectivity index (χ3n) is 2.59. The summed E-state index contributed by atoms with van der Waals surface area (Å²) in [5, 5.41) is 7.42. The third-order valence-corrected chi connectivity index (χ3v) is 2.59. The molecule has 1 N–H and O–H groups in total. The normalized spacial score (nSPS) is 18.2. The first kappa shape index (κ1) is 16.7. The number of hydrogen-bond acceptors (Lipinski definition) is 1. The highest BCUT2D eigenvalue weighted by atomic mass is 16.4. The molecule has 0 saturated heterocycles. The molecule has 0 amide bonds. The van der Waals surface area contributed by atoms with E-state index in [0.717, 1.165) is 12.8 Å². The van der Waals surface area contributed by atoms with Gasteiger partial charge in [-0.3, -0.25) is 4.79 Å². The van der Waals surface area contributed by atoms with E-state index in [1.165, 1.54) is 12.0 Å². The summed E-state index contributed by atoms with van der Waals surface area (Å²) in [6, 6.07) is 0. The zero-order valence-electron chi connectivity index (χ0n) is 12.2. The van der Waals surface area contributed by atoms with Crippen LogP contribution in [0.1, 0.15) is 41.0 Å². The molecule has 1 aliphatic carbocycles. The Kier molecular flexibility index (Phi) is 8.10. The Hall–Kier alpha value is -1.31. The van der Waals surface area contributed by atoms with Gasteiger partial charge in [-0.15, -0.1) is 0 Å². The molecule has 0 aliphatic heterocycles. The quantitative estimate of drug-likeness (QED) is 0.803. The predicted octanol–water partition coefficient (Wildman–Crippen LogP) is 4.45. The highest BCUT2D eigenvalue weighted by Gasteiger charge is 2.06. The molecule has 2 heteroatoms. The van der Waals surface area contributed by atoms with Gasteiger partial charge < -0.3 is 5.11 Å². The van der Waals surface area contributed by atoms with Crippen LogP contribution in [-0.2, 0) is 4.79 Å². The summed E-state index contributed by atoms with van der Waals surface area (Å²) in [7, 11) is 0. The van der Waals surface area contributed by atoms with Crippen LogP contribution >= 0.6 is 0 Å². The number of carbonyl (C=O) groups is 1. The minimum Gasteiger partial charge on any atom is -0.481 e. The number of carboxylic acid groups (broad SMARTS) is 1. The second kappa shape index (κ2) is 8.73. The van der Waals surface area contributed by atoms with Crippen molar-refractivity contribution in [2.45, 2.75) is 41.0 Å². The van der Waals surface area contributed by atoms with Gasteiger partial charge in [0.05, 0.1) is 0 Å². The Balaban J connectivity index is 0.000000631. The molecule has 1 unspecified atom stereocenters. The van der Waals surface area contributed by atoms with Crippen LogP contribution < -0.4 is 0 Å². The average Bonchev–Trinajstić information content (AvgIpc) is 2.41. The molecule has 0 bridgehead atoms. The van der Waals surface area contributed by atoms with Gasteiger partial charge in [0.1, 0.15) is 0 Å². The molecular formula is C16H26O2. The topological polar surface area (TPSA) is 37.3 Å². The van der Waals surface area contributed by atoms with Gasteiger partial charge >= 0.3 is 0 Å². The lowest BCUT2D eigenvalue weighted by Gasteiger charge is -2.10. The van der Waals surface area contributed by atoms with Crippen molar-refractivity contribution in [3.05, 3.63) is 36.0 Å². The van der Waals surface area contributed by atoms with Crippen LogP contribution in [0.25, 0.3) is 0 Å². The molecule has 0 aromatic carbocycles. The van der Waals surface area contributed by atoms with E-state index in [1.807, 2.05) is 0 Å². The Labute approximate surface area is 111 Å². The van der Waals surface area contributed by atoms with Crippen LogP contribution in [0.15, 0.2) is 36.0 Å². The van der Waals surface area contributed by atoms with Crippen LogP contribution in [0.4, 0.5) is 0 Å². The van der Waals surface area contributed by atoms with Gasteiger partial charge in [0.25, 0.3) is 5.97 Å². The number of hydrogen-bond donors (Lipinski definition) is 1. The second-order valence-electron chi connectivity index (χ2n) is 5.38. The lowest BCUT2D eigenvalue weighted by molar-refractivity contribution is -0.134. The van der Waals surface area contributed by atoms with Gasteiger partial charge in [-0.05, 0) is 29.7 Å². The Bertz CT molecular complexity index is 329. The first-order valence-corrected chi connectivity index (χ1v) is 6.59. The Morgan fingerprint density at radius 1 is 1.28 bits per heavy atom. The third kappa shape index (κ3) is 8.80. The molecule has 0 fully saturated rings. The van der Waals surface area contributed by atoms with Crippen molar-refractivity contribution in [3.63, 3.8) is 0 Å². The van der Waals surface area contributed by atoms with Crippen molar-refractivity contribution < 1.29 is 9.90 Å². The van der Waals surface area contributed by atoms with Crippen molar-refractivity contribution in [1.29, 1.82) is 0 Å². The fourth-order valence-corrected chi connectivity index (χ4v) is 1.75. The first-order valence-electron chi connectivity index (χ1n) is 6.59. The van der Waals surface area contributed by atoms with Gasteiger partial charge in [-0.25, -0.2) is 0 Å². The molecule has 0 saturated carbocycles. The molecule has 0 aromatic rings. The van der Waals surface area contributed by atoms with Gasteiger partial charge in [0.15, 0.2) is 0 Å². The number of aliphatic carboxylic acids is 1. The molecule has 1 rings (SSSR count). The maximum Gasteiger partial charge on any atom is 0.300 e. The van der Waals surface area contributed by atoms with Crippen LogP contribution in [0.3, 0.4) is 0 Å². The smallest absolute Gasteiger partial charge is 0.300 e. The van der Waals surface area contributed by atoms with E-state index < -0.39 is 5.97 Å². The second-order valence-corrected chi connectivity index (χ2v) is 5.38. The Morgan fingerprint density at radius 2 is 1.83 bits per heavy atom. The van der Waals surface area contributed by atoms with Crippen LogP contribution in [0, 0.1) is 17.8 Å². The van der Waals surface area contributed by atoms with Crippen molar-refractivity contribution in [1.82, 2.24) is 0 Å². The van der Waals surface area contributed by atoms with E-state index in [9.17, 15) is 0 Å². The molecule has 0 spiro atoms. The monoisotopic (exact) mass is 250 g/mol. The van der Waals surface area contributed by atoms with Gasteiger partial charge in [0, 0.05) is 6.92 Å². The van der Waals surface area contributed by atoms with Crippen molar-refractivity contribution >= 4 is 5.97 Å². The standard InChI is InChI=1S/C14H22.C2H4O2/c1-11(2)10-13-6-5-7-14(9-8-13)12(3)4;1-2(3)4/h5-9,11-13H,10H2,1-4H3;1H3,(H,3,4). The number of allylic oxidation sites excluding steroid dienone is 6. The van der Waals surface area contributed by atoms with E-state index in [0.29, 0.717) is 11.8 Å². The van der Waals surface area contributed by atoms with E-state index >= 15 is 0 Å². The van der Waals surface area contributed by atoms with Gasteiger partial charge in [0.2, 0.25) is 0 Å². The number of carboxylic acids is 1. The van der Waals surface area contributed by atoms with Gasteiger partial charge in [-0.2, -0.15) is 0 Å². The highest BCUT2D eigenvalue weighted by molar-refractivity contribution is 5.62. The summed E-state index contributed by atoms with van der Waals surface area (Å²) < 4.78 is 0. The lowest BCUT2D eigenvalue weighted by atomic mass is 9.96. The molecule has 1 aliphatic rings. The molecule has 1 atom stereocenters. The summed E-state index contributed by atoms with van der Waals surface area (Å²) in [5.74, 6) is 1.20. The minimum atomic E-state index is -0.833. The van der Waals surface area contributed by atoms with E-state index in [2.05, 4.69) is 58.1 Å². The molecule has 0 aromatic heterocycles. The Morgan fingerprint density at radius 3 is 2.28 bits per heavy atom. The highest BCUT2D eigenvalue weighted by Crippen LogP contribution is 2.21. The zero-order chi connectivity index (χ0) is 14.1. The maximum atomic E-state index is 9.00. The summed E-state index contributed by atoms with van der Waals surface area (Å²) in [4.78, 5) is 9.00. The summed E-state index contributed by atoms with van der Waals surface area (Å²) in [6.07, 6.45) is 12.6. The number of rotatable bonds is 3. The summed E-state index contributed by atoms with van der Waals surface area (Å²) in [6.45, 7) is 10.1. The average molecular weight is 250 g/mol. The van der Waals surface area contributed by atoms with E-state index in [1.54, 1.807) is 0 Å². The summed E-state index contributed by atoms with van der Waals surface area (Å²) in [5.41, 5.74) is 1.44. The summed E-state index contributed by atoms with van der Waals surface area (Å²) >= 11 is 0. The zero-order valence-corrected chi connectivity index (χ0v) is 12.2. The SMILES string of the molecule is CC(=O)O.CC(C)CC1C=CC=C(C(C)C)C=C1. The van der Waals surface area contributed by atoms with E-state index in [-0.39, 0.29) is 0 Å². The molecule has 102 valence electrons. The largest absolute Gasteiger partial charge is 0.481 e. The van der Waals surface area contributed by atoms with Crippen LogP contribution in [-0.4, -0.2) is 11.1 Å². The molecule has 2 nitrogen and oxygen atoms in total. The van der Waals surface area contributed by atoms with Crippen molar-refractivity contribution in [2.75, 3.05) is 0 Å². The molecule has 18 heavy (non-hydrogen) atoms. The molecule has 0 heterocycles. The predicted molar refractivity (Wildman–Crippen MR) is 77.5 cm³/mol. The fraction of sp³-hybridized carbons (Fsp3) is 0.562. The molecule has 0 radical (unpaired) electrons.